The summed E-state index contributed by atoms with van der Waals surface area (Å²) in [6, 6.07) is 5.28. The highest BCUT2D eigenvalue weighted by atomic mass is 35.5. The van der Waals surface area contributed by atoms with Crippen LogP contribution in [0.1, 0.15) is 60.0 Å². The van der Waals surface area contributed by atoms with Gasteiger partial charge in [0.1, 0.15) is 6.04 Å². The SMILES string of the molecule is Cl.NCCCCCCc1cccc2c1CN(C1CCC(=O)NC1=O)C2=O. The Morgan fingerprint density at radius 1 is 1.12 bits per heavy atom. The Morgan fingerprint density at radius 2 is 1.88 bits per heavy atom. The van der Waals surface area contributed by atoms with Crippen LogP contribution in [0, 0.1) is 0 Å². The van der Waals surface area contributed by atoms with Crippen molar-refractivity contribution in [2.75, 3.05) is 6.54 Å². The Hall–Kier alpha value is -1.92. The lowest BCUT2D eigenvalue weighted by molar-refractivity contribution is -0.136. The Morgan fingerprint density at radius 3 is 2.62 bits per heavy atom. The first-order valence-electron chi connectivity index (χ1n) is 9.07. The lowest BCUT2D eigenvalue weighted by Gasteiger charge is -2.29. The average Bonchev–Trinajstić information content (AvgIpc) is 2.92. The second-order valence-electron chi connectivity index (χ2n) is 6.80. The number of nitrogens with two attached hydrogens (primary N) is 1. The van der Waals surface area contributed by atoms with E-state index in [1.54, 1.807) is 4.90 Å². The molecule has 3 amide bonds. The molecule has 3 rings (SSSR count). The smallest absolute Gasteiger partial charge is 0.255 e. The molecular formula is C19H26ClN3O3. The number of piperidine rings is 1. The molecule has 1 unspecified atom stereocenters. The Kier molecular flexibility index (Phi) is 7.17. The first-order valence-corrected chi connectivity index (χ1v) is 9.07. The summed E-state index contributed by atoms with van der Waals surface area (Å²) in [6.07, 6.45) is 6.00. The highest BCUT2D eigenvalue weighted by molar-refractivity contribution is 6.05. The molecule has 0 bridgehead atoms. The number of aryl methyl sites for hydroxylation is 1. The standard InChI is InChI=1S/C19H25N3O3.ClH/c20-11-4-2-1-3-6-13-7-5-8-14-15(13)12-22(19(14)25)16-9-10-17(23)21-18(16)24;/h5,7-8,16H,1-4,6,9-12,20H2,(H,21,23,24);1H. The second kappa shape index (κ2) is 9.14. The molecule has 6 nitrogen and oxygen atoms in total. The molecular weight excluding hydrogens is 354 g/mol. The summed E-state index contributed by atoms with van der Waals surface area (Å²) in [6.45, 7) is 1.19. The lowest BCUT2D eigenvalue weighted by Crippen LogP contribution is -2.52. The quantitative estimate of drug-likeness (QED) is 0.559. The van der Waals surface area contributed by atoms with E-state index in [2.05, 4.69) is 11.4 Å². The minimum atomic E-state index is -0.546. The van der Waals surface area contributed by atoms with E-state index in [0.29, 0.717) is 18.5 Å². The van der Waals surface area contributed by atoms with Gasteiger partial charge in [0.05, 0.1) is 0 Å². The van der Waals surface area contributed by atoms with Crippen LogP contribution in [0.15, 0.2) is 18.2 Å². The van der Waals surface area contributed by atoms with Gasteiger partial charge in [-0.05, 0) is 49.4 Å². The topological polar surface area (TPSA) is 92.5 Å². The van der Waals surface area contributed by atoms with Crippen LogP contribution in [0.2, 0.25) is 0 Å². The Labute approximate surface area is 159 Å². The largest absolute Gasteiger partial charge is 0.330 e. The van der Waals surface area contributed by atoms with E-state index >= 15 is 0 Å². The maximum absolute atomic E-state index is 12.7. The maximum atomic E-state index is 12.7. The van der Waals surface area contributed by atoms with Gasteiger partial charge in [-0.3, -0.25) is 19.7 Å². The monoisotopic (exact) mass is 379 g/mol. The Balaban J connectivity index is 0.00000243. The highest BCUT2D eigenvalue weighted by Crippen LogP contribution is 2.30. The minimum Gasteiger partial charge on any atom is -0.330 e. The molecule has 2 aliphatic heterocycles. The van der Waals surface area contributed by atoms with E-state index in [9.17, 15) is 14.4 Å². The zero-order valence-corrected chi connectivity index (χ0v) is 15.6. The van der Waals surface area contributed by atoms with Gasteiger partial charge < -0.3 is 10.6 Å². The van der Waals surface area contributed by atoms with Gasteiger partial charge in [0.2, 0.25) is 11.8 Å². The van der Waals surface area contributed by atoms with Crippen LogP contribution < -0.4 is 11.1 Å². The maximum Gasteiger partial charge on any atom is 0.255 e. The predicted octanol–water partition coefficient (Wildman–Crippen LogP) is 1.93. The number of halogens is 1. The van der Waals surface area contributed by atoms with Crippen molar-refractivity contribution in [3.63, 3.8) is 0 Å². The van der Waals surface area contributed by atoms with Crippen molar-refractivity contribution in [3.8, 4) is 0 Å². The van der Waals surface area contributed by atoms with Gasteiger partial charge in [-0.2, -0.15) is 0 Å². The fraction of sp³-hybridized carbons (Fsp3) is 0.526. The fourth-order valence-corrected chi connectivity index (χ4v) is 3.70. The predicted molar refractivity (Wildman–Crippen MR) is 101 cm³/mol. The average molecular weight is 380 g/mol. The summed E-state index contributed by atoms with van der Waals surface area (Å²) in [5.74, 6) is -0.723. The summed E-state index contributed by atoms with van der Waals surface area (Å²) >= 11 is 0. The number of nitrogens with one attached hydrogen (secondary N) is 1. The first kappa shape index (κ1) is 20.4. The number of nitrogens with zero attached hydrogens (tertiary/aromatic N) is 1. The fourth-order valence-electron chi connectivity index (χ4n) is 3.70. The number of carbonyl (C=O) groups excluding carboxylic acids is 3. The van der Waals surface area contributed by atoms with E-state index < -0.39 is 6.04 Å². The zero-order valence-electron chi connectivity index (χ0n) is 14.8. The first-order chi connectivity index (χ1) is 12.1. The van der Waals surface area contributed by atoms with Crippen molar-refractivity contribution in [1.29, 1.82) is 0 Å². The molecule has 1 aromatic carbocycles. The van der Waals surface area contributed by atoms with Crippen LogP contribution in [-0.4, -0.2) is 35.2 Å². The number of carbonyl (C=O) groups is 3. The van der Waals surface area contributed by atoms with E-state index in [1.807, 2.05) is 12.1 Å². The molecule has 142 valence electrons. The summed E-state index contributed by atoms with van der Waals surface area (Å²) < 4.78 is 0. The number of rotatable bonds is 7. The van der Waals surface area contributed by atoms with E-state index in [0.717, 1.165) is 44.2 Å². The van der Waals surface area contributed by atoms with Crippen molar-refractivity contribution in [2.24, 2.45) is 5.73 Å². The van der Waals surface area contributed by atoms with Gasteiger partial charge in [-0.25, -0.2) is 0 Å². The van der Waals surface area contributed by atoms with Gasteiger partial charge in [-0.1, -0.05) is 25.0 Å². The molecule has 1 atom stereocenters. The summed E-state index contributed by atoms with van der Waals surface area (Å²) in [5, 5.41) is 2.34. The zero-order chi connectivity index (χ0) is 17.8. The molecule has 26 heavy (non-hydrogen) atoms. The minimum absolute atomic E-state index is 0. The number of hydrogen-bond donors (Lipinski definition) is 2. The van der Waals surface area contributed by atoms with Gasteiger partial charge in [-0.15, -0.1) is 12.4 Å². The molecule has 1 fully saturated rings. The van der Waals surface area contributed by atoms with Gasteiger partial charge in [0.15, 0.2) is 0 Å². The summed E-state index contributed by atoms with van der Waals surface area (Å²) in [7, 11) is 0. The molecule has 0 spiro atoms. The van der Waals surface area contributed by atoms with E-state index in [1.165, 1.54) is 5.56 Å². The van der Waals surface area contributed by atoms with Gasteiger partial charge in [0.25, 0.3) is 5.91 Å². The number of amides is 3. The van der Waals surface area contributed by atoms with Crippen molar-refractivity contribution in [2.45, 2.75) is 57.5 Å². The molecule has 0 radical (unpaired) electrons. The number of benzene rings is 1. The van der Waals surface area contributed by atoms with Crippen molar-refractivity contribution in [3.05, 3.63) is 34.9 Å². The Bertz CT molecular complexity index is 693. The van der Waals surface area contributed by atoms with Crippen LogP contribution in [-0.2, 0) is 22.6 Å². The van der Waals surface area contributed by atoms with Crippen molar-refractivity contribution in [1.82, 2.24) is 10.2 Å². The normalized spacial score (nSPS) is 19.2. The molecule has 2 aliphatic rings. The van der Waals surface area contributed by atoms with Crippen LogP contribution in [0.25, 0.3) is 0 Å². The van der Waals surface area contributed by atoms with Crippen molar-refractivity contribution >= 4 is 30.1 Å². The third kappa shape index (κ3) is 4.24. The van der Waals surface area contributed by atoms with E-state index in [-0.39, 0.29) is 36.5 Å². The molecule has 0 aromatic heterocycles. The van der Waals surface area contributed by atoms with Crippen molar-refractivity contribution < 1.29 is 14.4 Å². The second-order valence-corrected chi connectivity index (χ2v) is 6.80. The molecule has 1 saturated heterocycles. The molecule has 2 heterocycles. The number of imide groups is 1. The van der Waals surface area contributed by atoms with Crippen LogP contribution >= 0.6 is 12.4 Å². The third-order valence-corrected chi connectivity index (χ3v) is 5.08. The number of hydrogen-bond acceptors (Lipinski definition) is 4. The van der Waals surface area contributed by atoms with Crippen LogP contribution in [0.5, 0.6) is 0 Å². The molecule has 3 N–H and O–H groups in total. The lowest BCUT2D eigenvalue weighted by atomic mass is 9.98. The van der Waals surface area contributed by atoms with E-state index in [4.69, 9.17) is 5.73 Å². The third-order valence-electron chi connectivity index (χ3n) is 5.08. The number of unbranched alkanes of at least 4 members (excludes halogenated alkanes) is 3. The molecule has 0 aliphatic carbocycles. The molecule has 7 heteroatoms. The van der Waals surface area contributed by atoms with Gasteiger partial charge in [0, 0.05) is 18.5 Å². The van der Waals surface area contributed by atoms with Gasteiger partial charge >= 0.3 is 0 Å². The van der Waals surface area contributed by atoms with Crippen LogP contribution in [0.4, 0.5) is 0 Å². The summed E-state index contributed by atoms with van der Waals surface area (Å²) in [5.41, 5.74) is 8.44. The van der Waals surface area contributed by atoms with Crippen LogP contribution in [0.3, 0.4) is 0 Å². The summed E-state index contributed by atoms with van der Waals surface area (Å²) in [4.78, 5) is 37.8. The molecule has 0 saturated carbocycles. The highest BCUT2D eigenvalue weighted by Gasteiger charge is 2.39. The number of fused-ring (bicyclic) bond motifs is 1. The molecule has 1 aromatic rings.